The molecule has 35 heavy (non-hydrogen) atoms. The van der Waals surface area contributed by atoms with Crippen LogP contribution < -0.4 is 15.0 Å². The Labute approximate surface area is 206 Å². The molecule has 0 radical (unpaired) electrons. The van der Waals surface area contributed by atoms with E-state index in [1.807, 2.05) is 0 Å². The number of nitrogens with zero attached hydrogens (tertiary/aromatic N) is 2. The van der Waals surface area contributed by atoms with Crippen LogP contribution in [0.1, 0.15) is 29.7 Å². The SMILES string of the molecule is COc1c(Cl)cc(C)cc1/C(O)=C1\C(=O)C(=O)N(c2cccc(NC(C)=O)c2)C1c1cccnc1. The Morgan fingerprint density at radius 2 is 1.94 bits per heavy atom. The fraction of sp³-hybridized carbons (Fsp3) is 0.154. The lowest BCUT2D eigenvalue weighted by Gasteiger charge is -2.25. The first-order chi connectivity index (χ1) is 16.7. The predicted molar refractivity (Wildman–Crippen MR) is 133 cm³/mol. The maximum Gasteiger partial charge on any atom is 0.300 e. The lowest BCUT2D eigenvalue weighted by molar-refractivity contribution is -0.132. The molecule has 2 amide bonds. The zero-order valence-electron chi connectivity index (χ0n) is 19.2. The molecule has 0 saturated carbocycles. The third-order valence-corrected chi connectivity index (χ3v) is 5.82. The Kier molecular flexibility index (Phi) is 6.57. The van der Waals surface area contributed by atoms with Gasteiger partial charge in [0.05, 0.1) is 29.3 Å². The highest BCUT2D eigenvalue weighted by Gasteiger charge is 2.47. The van der Waals surface area contributed by atoms with E-state index in [9.17, 15) is 19.5 Å². The largest absolute Gasteiger partial charge is 0.507 e. The van der Waals surface area contributed by atoms with E-state index in [-0.39, 0.29) is 27.8 Å². The number of halogens is 1. The number of aliphatic hydroxyl groups excluding tert-OH is 1. The molecule has 178 valence electrons. The van der Waals surface area contributed by atoms with E-state index in [1.165, 1.54) is 25.1 Å². The number of ether oxygens (including phenoxy) is 1. The van der Waals surface area contributed by atoms with Crippen molar-refractivity contribution in [3.05, 3.63) is 88.2 Å². The normalized spacial score (nSPS) is 16.9. The molecule has 2 aromatic carbocycles. The van der Waals surface area contributed by atoms with Crippen molar-refractivity contribution in [2.45, 2.75) is 19.9 Å². The molecule has 1 saturated heterocycles. The van der Waals surface area contributed by atoms with Crippen LogP contribution in [-0.2, 0) is 14.4 Å². The molecular weight excluding hydrogens is 470 g/mol. The predicted octanol–water partition coefficient (Wildman–Crippen LogP) is 4.64. The van der Waals surface area contributed by atoms with Gasteiger partial charge in [0.1, 0.15) is 11.5 Å². The Balaban J connectivity index is 1.97. The number of benzene rings is 2. The number of hydrogen-bond donors (Lipinski definition) is 2. The van der Waals surface area contributed by atoms with Crippen LogP contribution in [0.3, 0.4) is 0 Å². The third-order valence-electron chi connectivity index (χ3n) is 5.54. The highest BCUT2D eigenvalue weighted by Crippen LogP contribution is 2.44. The van der Waals surface area contributed by atoms with Gasteiger partial charge in [0.15, 0.2) is 0 Å². The number of nitrogens with one attached hydrogen (secondary N) is 1. The quantitative estimate of drug-likeness (QED) is 0.306. The van der Waals surface area contributed by atoms with Crippen LogP contribution in [0.5, 0.6) is 5.75 Å². The number of hydrogen-bond acceptors (Lipinski definition) is 6. The summed E-state index contributed by atoms with van der Waals surface area (Å²) in [7, 11) is 1.40. The van der Waals surface area contributed by atoms with Crippen LogP contribution >= 0.6 is 11.6 Å². The van der Waals surface area contributed by atoms with Gasteiger partial charge in [-0.2, -0.15) is 0 Å². The van der Waals surface area contributed by atoms with Crippen molar-refractivity contribution in [1.82, 2.24) is 4.98 Å². The van der Waals surface area contributed by atoms with Crippen molar-refractivity contribution in [3.63, 3.8) is 0 Å². The van der Waals surface area contributed by atoms with Gasteiger partial charge in [0.2, 0.25) is 5.91 Å². The number of pyridine rings is 1. The molecule has 1 aromatic heterocycles. The van der Waals surface area contributed by atoms with Crippen LogP contribution in [0.15, 0.2) is 66.5 Å². The van der Waals surface area contributed by atoms with Gasteiger partial charge in [-0.15, -0.1) is 0 Å². The number of anilines is 2. The molecule has 0 aliphatic carbocycles. The number of aryl methyl sites for hydroxylation is 1. The maximum absolute atomic E-state index is 13.3. The number of carbonyl (C=O) groups excluding carboxylic acids is 3. The monoisotopic (exact) mass is 491 g/mol. The van der Waals surface area contributed by atoms with Crippen molar-refractivity contribution in [3.8, 4) is 5.75 Å². The smallest absolute Gasteiger partial charge is 0.300 e. The van der Waals surface area contributed by atoms with Gasteiger partial charge in [0.25, 0.3) is 11.7 Å². The first-order valence-corrected chi connectivity index (χ1v) is 11.0. The highest BCUT2D eigenvalue weighted by atomic mass is 35.5. The zero-order valence-corrected chi connectivity index (χ0v) is 20.0. The first-order valence-electron chi connectivity index (χ1n) is 10.7. The standard InChI is InChI=1S/C26H22ClN3O5/c1-14-10-19(25(35-3)20(27)11-14)23(32)21-22(16-6-5-9-28-13-16)30(26(34)24(21)33)18-8-4-7-17(12-18)29-15(2)31/h4-13,22,32H,1-3H3,(H,29,31)/b23-21+. The van der Waals surface area contributed by atoms with Crippen molar-refractivity contribution < 1.29 is 24.2 Å². The fourth-order valence-corrected chi connectivity index (χ4v) is 4.50. The van der Waals surface area contributed by atoms with Gasteiger partial charge >= 0.3 is 0 Å². The van der Waals surface area contributed by atoms with Gasteiger partial charge < -0.3 is 15.2 Å². The number of carbonyl (C=O) groups is 3. The summed E-state index contributed by atoms with van der Waals surface area (Å²) in [6.07, 6.45) is 3.09. The summed E-state index contributed by atoms with van der Waals surface area (Å²) >= 11 is 6.32. The van der Waals surface area contributed by atoms with E-state index < -0.39 is 23.5 Å². The molecule has 1 atom stereocenters. The zero-order chi connectivity index (χ0) is 25.3. The van der Waals surface area contributed by atoms with E-state index in [2.05, 4.69) is 10.3 Å². The third kappa shape index (κ3) is 4.48. The van der Waals surface area contributed by atoms with Gasteiger partial charge in [0, 0.05) is 30.7 Å². The molecule has 2 heterocycles. The van der Waals surface area contributed by atoms with Crippen LogP contribution in [0.2, 0.25) is 5.02 Å². The lowest BCUT2D eigenvalue weighted by Crippen LogP contribution is -2.29. The summed E-state index contributed by atoms with van der Waals surface area (Å²) in [5.74, 6) is -2.23. The topological polar surface area (TPSA) is 109 Å². The van der Waals surface area contributed by atoms with Crippen LogP contribution in [0.25, 0.3) is 5.76 Å². The Morgan fingerprint density at radius 3 is 2.60 bits per heavy atom. The van der Waals surface area contributed by atoms with Gasteiger partial charge in [-0.3, -0.25) is 24.3 Å². The molecule has 3 aromatic rings. The average Bonchev–Trinajstić information content (AvgIpc) is 3.09. The highest BCUT2D eigenvalue weighted by molar-refractivity contribution is 6.51. The molecular formula is C26H22ClN3O5. The number of rotatable bonds is 5. The number of Topliss-reactive ketones (excluding diaryl/α,β-unsaturated/α-hetero) is 1. The number of ketones is 1. The van der Waals surface area contributed by atoms with E-state index >= 15 is 0 Å². The summed E-state index contributed by atoms with van der Waals surface area (Å²) in [5.41, 5.74) is 2.11. The Morgan fingerprint density at radius 1 is 1.17 bits per heavy atom. The van der Waals surface area contributed by atoms with Gasteiger partial charge in [-0.05, 0) is 54.4 Å². The first kappa shape index (κ1) is 24.0. The van der Waals surface area contributed by atoms with Gasteiger partial charge in [-0.1, -0.05) is 23.7 Å². The summed E-state index contributed by atoms with van der Waals surface area (Å²) in [4.78, 5) is 43.6. The molecule has 4 rings (SSSR count). The summed E-state index contributed by atoms with van der Waals surface area (Å²) in [6.45, 7) is 3.15. The molecule has 1 unspecified atom stereocenters. The van der Waals surface area contributed by atoms with E-state index in [0.29, 0.717) is 16.9 Å². The average molecular weight is 492 g/mol. The summed E-state index contributed by atoms with van der Waals surface area (Å²) < 4.78 is 5.39. The second-order valence-electron chi connectivity index (χ2n) is 8.01. The number of methoxy groups -OCH3 is 1. The van der Waals surface area contributed by atoms with Crippen LogP contribution in [0, 0.1) is 6.92 Å². The number of aliphatic hydroxyl groups is 1. The minimum atomic E-state index is -0.986. The molecule has 1 aliphatic rings. The maximum atomic E-state index is 13.3. The summed E-state index contributed by atoms with van der Waals surface area (Å²) in [5, 5.41) is 14.3. The molecule has 1 fully saturated rings. The lowest BCUT2D eigenvalue weighted by atomic mass is 9.95. The molecule has 0 bridgehead atoms. The Bertz CT molecular complexity index is 1370. The van der Waals surface area contributed by atoms with Crippen molar-refractivity contribution in [2.24, 2.45) is 0 Å². The summed E-state index contributed by atoms with van der Waals surface area (Å²) in [6, 6.07) is 12.2. The van der Waals surface area contributed by atoms with Crippen LogP contribution in [0.4, 0.5) is 11.4 Å². The minimum Gasteiger partial charge on any atom is -0.507 e. The number of amides is 2. The van der Waals surface area contributed by atoms with Crippen LogP contribution in [-0.4, -0.2) is 34.8 Å². The second kappa shape index (κ2) is 9.60. The molecule has 2 N–H and O–H groups in total. The fourth-order valence-electron chi connectivity index (χ4n) is 4.15. The van der Waals surface area contributed by atoms with E-state index in [0.717, 1.165) is 5.56 Å². The Hall–Kier alpha value is -4.17. The molecule has 8 nitrogen and oxygen atoms in total. The molecule has 9 heteroatoms. The number of aromatic nitrogens is 1. The van der Waals surface area contributed by atoms with E-state index in [4.69, 9.17) is 16.3 Å². The van der Waals surface area contributed by atoms with Gasteiger partial charge in [-0.25, -0.2) is 0 Å². The minimum absolute atomic E-state index is 0.132. The van der Waals surface area contributed by atoms with E-state index in [1.54, 1.807) is 61.7 Å². The van der Waals surface area contributed by atoms with Crippen molar-refractivity contribution in [1.29, 1.82) is 0 Å². The molecule has 1 aliphatic heterocycles. The molecule has 0 spiro atoms. The second-order valence-corrected chi connectivity index (χ2v) is 8.42. The van der Waals surface area contributed by atoms with Crippen molar-refractivity contribution >= 4 is 46.3 Å². The van der Waals surface area contributed by atoms with Crippen molar-refractivity contribution in [2.75, 3.05) is 17.3 Å².